The van der Waals surface area contributed by atoms with Gasteiger partial charge in [-0.25, -0.2) is 0 Å². The molecule has 0 aliphatic rings. The maximum atomic E-state index is 12.2. The van der Waals surface area contributed by atoms with Gasteiger partial charge in [0.05, 0.1) is 24.4 Å². The van der Waals surface area contributed by atoms with Gasteiger partial charge in [0.25, 0.3) is 5.91 Å². The van der Waals surface area contributed by atoms with Crippen LogP contribution in [0.4, 0.5) is 5.69 Å². The van der Waals surface area contributed by atoms with E-state index in [2.05, 4.69) is 10.3 Å². The van der Waals surface area contributed by atoms with E-state index in [-0.39, 0.29) is 5.91 Å². The molecule has 1 N–H and O–H groups in total. The van der Waals surface area contributed by atoms with Gasteiger partial charge in [0.1, 0.15) is 6.10 Å². The highest BCUT2D eigenvalue weighted by Crippen LogP contribution is 2.24. The van der Waals surface area contributed by atoms with E-state index in [1.54, 1.807) is 13.1 Å². The molecule has 118 valence electrons. The molecule has 0 aliphatic carbocycles. The molecule has 0 saturated heterocycles. The van der Waals surface area contributed by atoms with Crippen LogP contribution in [0.15, 0.2) is 30.5 Å². The molecule has 1 aromatic carbocycles. The van der Waals surface area contributed by atoms with Crippen LogP contribution in [0, 0.1) is 6.92 Å². The number of carbonyl (C=O) groups is 1. The second kappa shape index (κ2) is 7.87. The van der Waals surface area contributed by atoms with E-state index in [1.165, 1.54) is 0 Å². The van der Waals surface area contributed by atoms with Crippen molar-refractivity contribution < 1.29 is 14.3 Å². The molecule has 0 aliphatic heterocycles. The summed E-state index contributed by atoms with van der Waals surface area (Å²) in [7, 11) is 0. The normalized spacial score (nSPS) is 12.3. The molecule has 2 aromatic rings. The van der Waals surface area contributed by atoms with Crippen LogP contribution in [0.3, 0.4) is 0 Å². The molecule has 1 heterocycles. The molecule has 1 aromatic heterocycles. The number of aryl methyl sites for hydroxylation is 1. The first-order chi connectivity index (χ1) is 10.6. The molecule has 0 radical (unpaired) electrons. The Bertz CT molecular complexity index is 643. The van der Waals surface area contributed by atoms with Gasteiger partial charge in [-0.05, 0) is 44.5 Å². The third-order valence-corrected chi connectivity index (χ3v) is 3.40. The molecule has 1 amide bonds. The van der Waals surface area contributed by atoms with E-state index in [1.807, 2.05) is 38.1 Å². The van der Waals surface area contributed by atoms with Crippen molar-refractivity contribution in [2.75, 3.05) is 25.1 Å². The lowest BCUT2D eigenvalue weighted by atomic mass is 10.1. The Morgan fingerprint density at radius 3 is 2.91 bits per heavy atom. The number of pyridine rings is 1. The highest BCUT2D eigenvalue weighted by molar-refractivity contribution is 6.03. The summed E-state index contributed by atoms with van der Waals surface area (Å²) in [6.07, 6.45) is 1.22. The third-order valence-electron chi connectivity index (χ3n) is 3.40. The molecule has 2 rings (SSSR count). The average molecular weight is 302 g/mol. The fourth-order valence-corrected chi connectivity index (χ4v) is 2.16. The zero-order chi connectivity index (χ0) is 15.9. The number of rotatable bonds is 7. The molecule has 0 fully saturated rings. The second-order valence-electron chi connectivity index (χ2n) is 5.03. The van der Waals surface area contributed by atoms with Crippen LogP contribution < -0.4 is 5.32 Å². The number of ether oxygens (including phenoxy) is 2. The molecule has 1 atom stereocenters. The first kappa shape index (κ1) is 16.4. The van der Waals surface area contributed by atoms with Crippen molar-refractivity contribution in [2.24, 2.45) is 0 Å². The second-order valence-corrected chi connectivity index (χ2v) is 5.03. The van der Waals surface area contributed by atoms with Crippen LogP contribution in [-0.4, -0.2) is 36.8 Å². The Balaban J connectivity index is 2.04. The van der Waals surface area contributed by atoms with E-state index >= 15 is 0 Å². The molecule has 0 saturated carbocycles. The fourth-order valence-electron chi connectivity index (χ4n) is 2.16. The van der Waals surface area contributed by atoms with Crippen LogP contribution >= 0.6 is 0 Å². The number of hydrogen-bond donors (Lipinski definition) is 1. The number of amides is 1. The Morgan fingerprint density at radius 1 is 1.32 bits per heavy atom. The van der Waals surface area contributed by atoms with E-state index in [9.17, 15) is 4.79 Å². The predicted octanol–water partition coefficient (Wildman–Crippen LogP) is 2.92. The Kier molecular flexibility index (Phi) is 5.86. The van der Waals surface area contributed by atoms with Crippen molar-refractivity contribution in [1.29, 1.82) is 0 Å². The van der Waals surface area contributed by atoms with Gasteiger partial charge >= 0.3 is 0 Å². The monoisotopic (exact) mass is 302 g/mol. The van der Waals surface area contributed by atoms with Crippen molar-refractivity contribution in [3.63, 3.8) is 0 Å². The quantitative estimate of drug-likeness (QED) is 0.799. The Labute approximate surface area is 130 Å². The first-order valence-corrected chi connectivity index (χ1v) is 7.48. The number of carbonyl (C=O) groups excluding carboxylic acids is 1. The molecule has 0 unspecified atom stereocenters. The number of benzene rings is 1. The Hall–Kier alpha value is -1.98. The van der Waals surface area contributed by atoms with E-state index in [0.717, 1.165) is 22.2 Å². The molecule has 5 nitrogen and oxygen atoms in total. The van der Waals surface area contributed by atoms with Gasteiger partial charge in [-0.2, -0.15) is 0 Å². The van der Waals surface area contributed by atoms with Gasteiger partial charge in [-0.3, -0.25) is 9.78 Å². The predicted molar refractivity (Wildman–Crippen MR) is 87.0 cm³/mol. The highest BCUT2D eigenvalue weighted by Gasteiger charge is 2.15. The van der Waals surface area contributed by atoms with Crippen molar-refractivity contribution in [1.82, 2.24) is 4.98 Å². The third kappa shape index (κ3) is 4.02. The van der Waals surface area contributed by atoms with Crippen LogP contribution in [0.25, 0.3) is 10.9 Å². The summed E-state index contributed by atoms with van der Waals surface area (Å²) >= 11 is 0. The number of aromatic nitrogens is 1. The van der Waals surface area contributed by atoms with Crippen molar-refractivity contribution in [3.8, 4) is 0 Å². The minimum atomic E-state index is -0.534. The summed E-state index contributed by atoms with van der Waals surface area (Å²) < 4.78 is 10.6. The standard InChI is InChI=1S/C17H22N2O3/c1-4-21-10-11-22-13(3)17(20)19-15-8-7-12(2)16-14(15)6-5-9-18-16/h5-9,13H,4,10-11H2,1-3H3,(H,19,20)/t13-/m0/s1. The molecule has 0 bridgehead atoms. The summed E-state index contributed by atoms with van der Waals surface area (Å²) in [6.45, 7) is 7.19. The van der Waals surface area contributed by atoms with Crippen molar-refractivity contribution in [2.45, 2.75) is 26.9 Å². The van der Waals surface area contributed by atoms with Gasteiger partial charge in [0, 0.05) is 18.2 Å². The summed E-state index contributed by atoms with van der Waals surface area (Å²) in [5.74, 6) is -0.175. The maximum Gasteiger partial charge on any atom is 0.253 e. The minimum Gasteiger partial charge on any atom is -0.379 e. The number of hydrogen-bond acceptors (Lipinski definition) is 4. The van der Waals surface area contributed by atoms with Gasteiger partial charge in [0.2, 0.25) is 0 Å². The lowest BCUT2D eigenvalue weighted by molar-refractivity contribution is -0.127. The molecular formula is C17H22N2O3. The zero-order valence-corrected chi connectivity index (χ0v) is 13.3. The summed E-state index contributed by atoms with van der Waals surface area (Å²) in [5, 5.41) is 3.84. The number of nitrogens with one attached hydrogen (secondary N) is 1. The highest BCUT2D eigenvalue weighted by atomic mass is 16.5. The van der Waals surface area contributed by atoms with E-state index in [0.29, 0.717) is 19.8 Å². The lowest BCUT2D eigenvalue weighted by Gasteiger charge is -2.15. The lowest BCUT2D eigenvalue weighted by Crippen LogP contribution is -2.29. The number of anilines is 1. The van der Waals surface area contributed by atoms with Gasteiger partial charge in [-0.15, -0.1) is 0 Å². The van der Waals surface area contributed by atoms with Crippen molar-refractivity contribution in [3.05, 3.63) is 36.0 Å². The van der Waals surface area contributed by atoms with E-state index in [4.69, 9.17) is 9.47 Å². The summed E-state index contributed by atoms with van der Waals surface area (Å²) in [5.41, 5.74) is 2.72. The molecule has 5 heteroatoms. The summed E-state index contributed by atoms with van der Waals surface area (Å²) in [6, 6.07) is 7.65. The van der Waals surface area contributed by atoms with Crippen LogP contribution in [-0.2, 0) is 14.3 Å². The molecule has 22 heavy (non-hydrogen) atoms. The fraction of sp³-hybridized carbons (Fsp3) is 0.412. The minimum absolute atomic E-state index is 0.175. The van der Waals surface area contributed by atoms with Crippen LogP contribution in [0.1, 0.15) is 19.4 Å². The van der Waals surface area contributed by atoms with Gasteiger partial charge in [-0.1, -0.05) is 6.07 Å². The van der Waals surface area contributed by atoms with E-state index < -0.39 is 6.10 Å². The maximum absolute atomic E-state index is 12.2. The topological polar surface area (TPSA) is 60.5 Å². The first-order valence-electron chi connectivity index (χ1n) is 7.48. The van der Waals surface area contributed by atoms with Gasteiger partial charge < -0.3 is 14.8 Å². The zero-order valence-electron chi connectivity index (χ0n) is 13.3. The molecule has 0 spiro atoms. The van der Waals surface area contributed by atoms with Crippen LogP contribution in [0.2, 0.25) is 0 Å². The number of nitrogens with zero attached hydrogens (tertiary/aromatic N) is 1. The van der Waals surface area contributed by atoms with Gasteiger partial charge in [0.15, 0.2) is 0 Å². The molecular weight excluding hydrogens is 280 g/mol. The average Bonchev–Trinajstić information content (AvgIpc) is 2.54. The number of fused-ring (bicyclic) bond motifs is 1. The Morgan fingerprint density at radius 2 is 2.14 bits per heavy atom. The smallest absolute Gasteiger partial charge is 0.253 e. The van der Waals surface area contributed by atoms with Crippen LogP contribution in [0.5, 0.6) is 0 Å². The SMILES string of the molecule is CCOCCO[C@@H](C)C(=O)Nc1ccc(C)c2ncccc12. The summed E-state index contributed by atoms with van der Waals surface area (Å²) in [4.78, 5) is 16.6. The van der Waals surface area contributed by atoms with Crippen molar-refractivity contribution >= 4 is 22.5 Å². The largest absolute Gasteiger partial charge is 0.379 e.